The molecule has 0 atom stereocenters. The van der Waals surface area contributed by atoms with Gasteiger partial charge in [0.15, 0.2) is 0 Å². The zero-order valence-corrected chi connectivity index (χ0v) is 14.1. The fourth-order valence-electron chi connectivity index (χ4n) is 2.39. The molecule has 0 saturated heterocycles. The van der Waals surface area contributed by atoms with Crippen molar-refractivity contribution in [2.24, 2.45) is 0 Å². The summed E-state index contributed by atoms with van der Waals surface area (Å²) in [7, 11) is -3.96. The van der Waals surface area contributed by atoms with Gasteiger partial charge >= 0.3 is 5.97 Å². The summed E-state index contributed by atoms with van der Waals surface area (Å²) in [5.41, 5.74) is 0.234. The molecule has 0 saturated carbocycles. The number of esters is 1. The van der Waals surface area contributed by atoms with Crippen LogP contribution in [0.25, 0.3) is 0 Å². The van der Waals surface area contributed by atoms with Crippen LogP contribution in [0.2, 0.25) is 5.02 Å². The van der Waals surface area contributed by atoms with E-state index >= 15 is 0 Å². The monoisotopic (exact) mass is 361 g/mol. The predicted octanol–water partition coefficient (Wildman–Crippen LogP) is 3.61. The van der Waals surface area contributed by atoms with Gasteiger partial charge in [0.1, 0.15) is 5.82 Å². The third-order valence-corrected chi connectivity index (χ3v) is 5.34. The highest BCUT2D eigenvalue weighted by Crippen LogP contribution is 2.32. The lowest BCUT2D eigenvalue weighted by molar-refractivity contribution is -0.138. The van der Waals surface area contributed by atoms with Gasteiger partial charge in [0, 0.05) is 0 Å². The third kappa shape index (κ3) is 4.23. The Hall–Kier alpha value is -1.60. The van der Waals surface area contributed by atoms with E-state index in [2.05, 4.69) is 4.72 Å². The largest absolute Gasteiger partial charge is 0.463 e. The number of nitrogens with one attached hydrogen (secondary N) is 1. The lowest BCUT2D eigenvalue weighted by Crippen LogP contribution is -2.22. The van der Waals surface area contributed by atoms with Gasteiger partial charge in [-0.15, -0.1) is 0 Å². The molecule has 0 heterocycles. The van der Waals surface area contributed by atoms with Crippen LogP contribution in [0.3, 0.4) is 0 Å². The van der Waals surface area contributed by atoms with E-state index in [1.165, 1.54) is 6.07 Å². The molecule has 0 bridgehead atoms. The highest BCUT2D eigenvalue weighted by Gasteiger charge is 2.29. The Bertz CT molecular complexity index is 746. The summed E-state index contributed by atoms with van der Waals surface area (Å²) in [6.45, 7) is 1.83. The first kappa shape index (κ1) is 17.7. The van der Waals surface area contributed by atoms with E-state index in [9.17, 15) is 17.6 Å². The quantitative estimate of drug-likeness (QED) is 0.813. The minimum Gasteiger partial charge on any atom is -0.463 e. The summed E-state index contributed by atoms with van der Waals surface area (Å²) in [5, 5.41) is -0.0531. The molecule has 5 nitrogen and oxygen atoms in total. The molecule has 1 aromatic rings. The number of carbonyl (C=O) groups excluding carboxylic acids is 1. The minimum atomic E-state index is -3.96. The normalized spacial score (nSPS) is 15.4. The number of halogens is 2. The third-order valence-electron chi connectivity index (χ3n) is 3.44. The van der Waals surface area contributed by atoms with Crippen LogP contribution in [0, 0.1) is 5.82 Å². The molecule has 1 aromatic carbocycles. The molecule has 1 N–H and O–H groups in total. The lowest BCUT2D eigenvalue weighted by Gasteiger charge is -2.20. The smallest absolute Gasteiger partial charge is 0.335 e. The number of anilines is 1. The first-order valence-electron chi connectivity index (χ1n) is 7.22. The number of carbonyl (C=O) groups is 1. The molecule has 1 aliphatic rings. The standard InChI is InChI=1S/C15H17ClFNO4S/c1-2-22-15(19)11-5-3-4-6-14(11)23(20,21)18-13-8-7-10(17)9-12(13)16/h7-9,18H,2-6H2,1H3. The second kappa shape index (κ2) is 7.31. The molecule has 8 heteroatoms. The number of hydrogen-bond acceptors (Lipinski definition) is 4. The fraction of sp³-hybridized carbons (Fsp3) is 0.400. The Morgan fingerprint density at radius 1 is 1.35 bits per heavy atom. The van der Waals surface area contributed by atoms with Crippen LogP contribution < -0.4 is 4.72 Å². The van der Waals surface area contributed by atoms with Crippen LogP contribution in [-0.2, 0) is 19.6 Å². The van der Waals surface area contributed by atoms with Crippen molar-refractivity contribution in [3.8, 4) is 0 Å². The van der Waals surface area contributed by atoms with Gasteiger partial charge in [0.05, 0.1) is 27.8 Å². The molecule has 0 radical (unpaired) electrons. The van der Waals surface area contributed by atoms with E-state index < -0.39 is 21.8 Å². The maximum absolute atomic E-state index is 13.1. The lowest BCUT2D eigenvalue weighted by atomic mass is 9.99. The topological polar surface area (TPSA) is 72.5 Å². The van der Waals surface area contributed by atoms with Crippen molar-refractivity contribution in [1.82, 2.24) is 0 Å². The minimum absolute atomic E-state index is 0.0163. The van der Waals surface area contributed by atoms with Crippen molar-refractivity contribution < 1.29 is 22.3 Å². The Balaban J connectivity index is 2.37. The molecule has 2 rings (SSSR count). The van der Waals surface area contributed by atoms with Crippen molar-refractivity contribution in [1.29, 1.82) is 0 Å². The molecule has 0 amide bonds. The fourth-order valence-corrected chi connectivity index (χ4v) is 4.17. The second-order valence-electron chi connectivity index (χ2n) is 5.06. The van der Waals surface area contributed by atoms with Crippen LogP contribution >= 0.6 is 11.6 Å². The highest BCUT2D eigenvalue weighted by molar-refractivity contribution is 7.96. The zero-order valence-electron chi connectivity index (χ0n) is 12.6. The second-order valence-corrected chi connectivity index (χ2v) is 7.17. The summed E-state index contributed by atoms with van der Waals surface area (Å²) >= 11 is 5.85. The van der Waals surface area contributed by atoms with E-state index in [-0.39, 0.29) is 34.2 Å². The summed E-state index contributed by atoms with van der Waals surface area (Å²) < 4.78 is 45.5. The molecule has 0 fully saturated rings. The summed E-state index contributed by atoms with van der Waals surface area (Å²) in [5.74, 6) is -1.18. The van der Waals surface area contributed by atoms with Crippen LogP contribution in [0.15, 0.2) is 28.7 Å². The predicted molar refractivity (Wildman–Crippen MR) is 86.1 cm³/mol. The van der Waals surface area contributed by atoms with Gasteiger partial charge in [-0.1, -0.05) is 11.6 Å². The van der Waals surface area contributed by atoms with Gasteiger partial charge in [-0.3, -0.25) is 4.72 Å². The van der Waals surface area contributed by atoms with E-state index in [1.54, 1.807) is 6.92 Å². The number of benzene rings is 1. The van der Waals surface area contributed by atoms with Crippen molar-refractivity contribution in [2.75, 3.05) is 11.3 Å². The number of hydrogen-bond donors (Lipinski definition) is 1. The van der Waals surface area contributed by atoms with E-state index in [0.29, 0.717) is 12.8 Å². The van der Waals surface area contributed by atoms with Crippen molar-refractivity contribution >= 4 is 33.3 Å². The molecule has 0 unspecified atom stereocenters. The first-order chi connectivity index (χ1) is 10.8. The molecule has 0 aromatic heterocycles. The van der Waals surface area contributed by atoms with Gasteiger partial charge in [-0.05, 0) is 50.8 Å². The SMILES string of the molecule is CCOC(=O)C1=C(S(=O)(=O)Nc2ccc(F)cc2Cl)CCCC1. The van der Waals surface area contributed by atoms with Gasteiger partial charge in [0.2, 0.25) is 0 Å². The molecule has 126 valence electrons. The molecule has 0 aliphatic heterocycles. The van der Waals surface area contributed by atoms with Crippen molar-refractivity contribution in [3.05, 3.63) is 39.5 Å². The summed E-state index contributed by atoms with van der Waals surface area (Å²) in [6.07, 6.45) is 2.00. The number of ether oxygens (including phenoxy) is 1. The van der Waals surface area contributed by atoms with Crippen molar-refractivity contribution in [2.45, 2.75) is 32.6 Å². The van der Waals surface area contributed by atoms with Gasteiger partial charge < -0.3 is 4.74 Å². The average molecular weight is 362 g/mol. The summed E-state index contributed by atoms with van der Waals surface area (Å²) in [4.78, 5) is 12.0. The Kier molecular flexibility index (Phi) is 5.64. The zero-order chi connectivity index (χ0) is 17.0. The van der Waals surface area contributed by atoms with Gasteiger partial charge in [0.25, 0.3) is 10.0 Å². The Morgan fingerprint density at radius 2 is 2.04 bits per heavy atom. The molecule has 0 spiro atoms. The maximum atomic E-state index is 13.1. The van der Waals surface area contributed by atoms with Crippen LogP contribution in [0.1, 0.15) is 32.6 Å². The van der Waals surface area contributed by atoms with Crippen LogP contribution in [0.5, 0.6) is 0 Å². The van der Waals surface area contributed by atoms with E-state index in [0.717, 1.165) is 18.6 Å². The van der Waals surface area contributed by atoms with Crippen molar-refractivity contribution in [3.63, 3.8) is 0 Å². The number of rotatable bonds is 5. The van der Waals surface area contributed by atoms with E-state index in [1.807, 2.05) is 0 Å². The average Bonchev–Trinajstić information content (AvgIpc) is 2.50. The molecule has 1 aliphatic carbocycles. The number of allylic oxidation sites excluding steroid dienone is 1. The van der Waals surface area contributed by atoms with Gasteiger partial charge in [-0.25, -0.2) is 17.6 Å². The maximum Gasteiger partial charge on any atom is 0.335 e. The van der Waals surface area contributed by atoms with E-state index in [4.69, 9.17) is 16.3 Å². The number of sulfonamides is 1. The van der Waals surface area contributed by atoms with Gasteiger partial charge in [-0.2, -0.15) is 0 Å². The molecular formula is C15H17ClFNO4S. The Morgan fingerprint density at radius 3 is 2.70 bits per heavy atom. The summed E-state index contributed by atoms with van der Waals surface area (Å²) in [6, 6.07) is 3.36. The first-order valence-corrected chi connectivity index (χ1v) is 9.08. The Labute approximate surface area is 139 Å². The molecule has 23 heavy (non-hydrogen) atoms. The van der Waals surface area contributed by atoms with Crippen LogP contribution in [-0.4, -0.2) is 21.0 Å². The van der Waals surface area contributed by atoms with Crippen LogP contribution in [0.4, 0.5) is 10.1 Å². The highest BCUT2D eigenvalue weighted by atomic mass is 35.5. The molecular weight excluding hydrogens is 345 g/mol.